The summed E-state index contributed by atoms with van der Waals surface area (Å²) in [5.74, 6) is 9.46. The first-order chi connectivity index (χ1) is 15.7. The molecule has 162 valence electrons. The van der Waals surface area contributed by atoms with Gasteiger partial charge >= 0.3 is 0 Å². The van der Waals surface area contributed by atoms with Crippen molar-refractivity contribution in [1.29, 1.82) is 0 Å². The predicted octanol–water partition coefficient (Wildman–Crippen LogP) is 4.53. The molecular formula is C23H22N6O2S. The molecule has 0 aliphatic heterocycles. The molecule has 0 aliphatic rings. The maximum Gasteiger partial charge on any atom is 0.264 e. The van der Waals surface area contributed by atoms with Crippen LogP contribution in [0.15, 0.2) is 89.1 Å². The van der Waals surface area contributed by atoms with E-state index < -0.39 is 0 Å². The number of rotatable bonds is 9. The van der Waals surface area contributed by atoms with Crippen LogP contribution in [0.4, 0.5) is 5.95 Å². The summed E-state index contributed by atoms with van der Waals surface area (Å²) in [5, 5.41) is 13.0. The molecule has 0 saturated heterocycles. The molecule has 1 aromatic heterocycles. The molecule has 1 heterocycles. The lowest BCUT2D eigenvalue weighted by Crippen LogP contribution is -2.13. The van der Waals surface area contributed by atoms with Crippen molar-refractivity contribution in [1.82, 2.24) is 14.9 Å². The van der Waals surface area contributed by atoms with Crippen molar-refractivity contribution >= 4 is 23.9 Å². The summed E-state index contributed by atoms with van der Waals surface area (Å²) in [4.78, 5) is 0. The van der Waals surface area contributed by atoms with E-state index in [0.29, 0.717) is 16.9 Å². The molecule has 32 heavy (non-hydrogen) atoms. The molecule has 0 amide bonds. The van der Waals surface area contributed by atoms with E-state index >= 15 is 0 Å². The maximum absolute atomic E-state index is 6.10. The number of nitrogens with two attached hydrogens (primary N) is 1. The minimum absolute atomic E-state index is 0.343. The van der Waals surface area contributed by atoms with E-state index in [9.17, 15) is 0 Å². The first-order valence-electron chi connectivity index (χ1n) is 9.79. The average molecular weight is 447 g/mol. The number of anilines is 1. The Bertz CT molecular complexity index is 1180. The molecule has 4 aromatic rings. The Balaban J connectivity index is 1.34. The van der Waals surface area contributed by atoms with Crippen LogP contribution in [-0.2, 0) is 5.75 Å². The number of ether oxygens (including phenoxy) is 2. The van der Waals surface area contributed by atoms with Gasteiger partial charge in [-0.2, -0.15) is 5.10 Å². The van der Waals surface area contributed by atoms with Gasteiger partial charge in [-0.15, -0.1) is 10.2 Å². The minimum Gasteiger partial charge on any atom is -0.497 e. The van der Waals surface area contributed by atoms with E-state index in [-0.39, 0.29) is 0 Å². The first-order valence-corrected chi connectivity index (χ1v) is 10.8. The second kappa shape index (κ2) is 10.4. The molecule has 3 aromatic carbocycles. The van der Waals surface area contributed by atoms with E-state index in [4.69, 9.17) is 15.3 Å². The quantitative estimate of drug-likeness (QED) is 0.169. The number of nitrogen functional groups attached to an aromatic ring is 1. The molecule has 8 nitrogen and oxygen atoms in total. The summed E-state index contributed by atoms with van der Waals surface area (Å²) >= 11 is 1.48. The van der Waals surface area contributed by atoms with Crippen LogP contribution >= 0.6 is 11.8 Å². The molecule has 0 fully saturated rings. The van der Waals surface area contributed by atoms with Crippen LogP contribution < -0.4 is 20.7 Å². The van der Waals surface area contributed by atoms with Crippen molar-refractivity contribution in [2.45, 2.75) is 10.9 Å². The van der Waals surface area contributed by atoms with Crippen LogP contribution in [0.25, 0.3) is 0 Å². The van der Waals surface area contributed by atoms with Crippen molar-refractivity contribution in [3.8, 4) is 17.2 Å². The molecule has 3 N–H and O–H groups in total. The van der Waals surface area contributed by atoms with Gasteiger partial charge in [-0.3, -0.25) is 0 Å². The molecule has 0 aliphatic carbocycles. The van der Waals surface area contributed by atoms with Gasteiger partial charge in [0.25, 0.3) is 5.95 Å². The van der Waals surface area contributed by atoms with Crippen molar-refractivity contribution in [3.63, 3.8) is 0 Å². The third kappa shape index (κ3) is 5.58. The number of nitrogens with one attached hydrogen (secondary N) is 1. The summed E-state index contributed by atoms with van der Waals surface area (Å²) in [5.41, 5.74) is 4.82. The van der Waals surface area contributed by atoms with Gasteiger partial charge in [-0.05, 0) is 47.5 Å². The summed E-state index contributed by atoms with van der Waals surface area (Å²) in [7, 11) is 1.65. The van der Waals surface area contributed by atoms with Gasteiger partial charge in [0, 0.05) is 5.75 Å². The van der Waals surface area contributed by atoms with Gasteiger partial charge in [-0.1, -0.05) is 54.2 Å². The van der Waals surface area contributed by atoms with E-state index in [1.807, 2.05) is 78.9 Å². The number of aromatic nitrogens is 3. The van der Waals surface area contributed by atoms with Gasteiger partial charge < -0.3 is 15.3 Å². The number of thioether (sulfide) groups is 1. The smallest absolute Gasteiger partial charge is 0.264 e. The molecule has 9 heteroatoms. The first kappa shape index (κ1) is 21.3. The Morgan fingerprint density at radius 2 is 1.75 bits per heavy atom. The average Bonchev–Trinajstić information content (AvgIpc) is 3.18. The highest BCUT2D eigenvalue weighted by Crippen LogP contribution is 2.23. The third-order valence-corrected chi connectivity index (χ3v) is 5.42. The number of hydrogen-bond donors (Lipinski definition) is 2. The maximum atomic E-state index is 6.10. The fourth-order valence-corrected chi connectivity index (χ4v) is 3.58. The second-order valence-corrected chi connectivity index (χ2v) is 7.61. The summed E-state index contributed by atoms with van der Waals surface area (Å²) in [6.45, 7) is 0. The third-order valence-electron chi connectivity index (χ3n) is 4.41. The van der Waals surface area contributed by atoms with E-state index in [1.54, 1.807) is 13.3 Å². The Labute approximate surface area is 190 Å². The highest BCUT2D eigenvalue weighted by atomic mass is 32.2. The van der Waals surface area contributed by atoms with Gasteiger partial charge in [0.1, 0.15) is 17.2 Å². The van der Waals surface area contributed by atoms with E-state index in [2.05, 4.69) is 20.7 Å². The van der Waals surface area contributed by atoms with Crippen LogP contribution in [0.1, 0.15) is 11.1 Å². The lowest BCUT2D eigenvalue weighted by atomic mass is 10.2. The number of methoxy groups -OCH3 is 1. The molecule has 0 saturated carbocycles. The van der Waals surface area contributed by atoms with Gasteiger partial charge in [0.05, 0.1) is 13.3 Å². The number of nitrogens with zero attached hydrogens (tertiary/aromatic N) is 4. The highest BCUT2D eigenvalue weighted by molar-refractivity contribution is 7.98. The number of para-hydroxylation sites is 1. The number of hydrogen-bond acceptors (Lipinski definition) is 8. The Hall–Kier alpha value is -3.98. The molecule has 0 radical (unpaired) electrons. The van der Waals surface area contributed by atoms with Crippen LogP contribution in [-0.4, -0.2) is 28.2 Å². The van der Waals surface area contributed by atoms with Crippen molar-refractivity contribution in [3.05, 3.63) is 90.0 Å². The summed E-state index contributed by atoms with van der Waals surface area (Å²) in [6, 6.07) is 25.1. The van der Waals surface area contributed by atoms with Crippen LogP contribution in [0.5, 0.6) is 17.2 Å². The Morgan fingerprint density at radius 1 is 0.969 bits per heavy atom. The SMILES string of the molecule is COc1ccc(CSc2nnc(N/N=C/c3cccc(Oc4ccccc4)c3)n2N)cc1. The standard InChI is InChI=1S/C23H22N6O2S/c1-30-19-12-10-17(11-13-19)16-32-23-28-27-22(29(23)24)26-25-15-18-6-5-9-21(14-18)31-20-7-3-2-4-8-20/h2-15H,16,24H2,1H3,(H,26,27)/b25-15+. The summed E-state index contributed by atoms with van der Waals surface area (Å²) < 4.78 is 12.4. The minimum atomic E-state index is 0.343. The topological polar surface area (TPSA) is 99.6 Å². The normalized spacial score (nSPS) is 10.9. The number of hydrazone groups is 1. The zero-order valence-corrected chi connectivity index (χ0v) is 18.2. The predicted molar refractivity (Wildman–Crippen MR) is 127 cm³/mol. The lowest BCUT2D eigenvalue weighted by molar-refractivity contribution is 0.414. The highest BCUT2D eigenvalue weighted by Gasteiger charge is 2.10. The summed E-state index contributed by atoms with van der Waals surface area (Å²) in [6.07, 6.45) is 1.66. The second-order valence-electron chi connectivity index (χ2n) is 6.67. The van der Waals surface area contributed by atoms with Crippen LogP contribution in [0, 0.1) is 0 Å². The van der Waals surface area contributed by atoms with Crippen LogP contribution in [0.3, 0.4) is 0 Å². The van der Waals surface area contributed by atoms with Gasteiger partial charge in [-0.25, -0.2) is 10.1 Å². The Kier molecular flexibility index (Phi) is 6.88. The van der Waals surface area contributed by atoms with E-state index in [1.165, 1.54) is 16.4 Å². The molecule has 0 unspecified atom stereocenters. The largest absolute Gasteiger partial charge is 0.497 e. The molecule has 4 rings (SSSR count). The van der Waals surface area contributed by atoms with Crippen LogP contribution in [0.2, 0.25) is 0 Å². The molecule has 0 bridgehead atoms. The molecule has 0 spiro atoms. The Morgan fingerprint density at radius 3 is 2.53 bits per heavy atom. The van der Waals surface area contributed by atoms with E-state index in [0.717, 1.165) is 28.4 Å². The van der Waals surface area contributed by atoms with Crippen molar-refractivity contribution < 1.29 is 9.47 Å². The molecule has 0 atom stereocenters. The van der Waals surface area contributed by atoms with Crippen molar-refractivity contribution in [2.24, 2.45) is 5.10 Å². The van der Waals surface area contributed by atoms with Gasteiger partial charge in [0.2, 0.25) is 5.16 Å². The molecular weight excluding hydrogens is 424 g/mol. The van der Waals surface area contributed by atoms with Gasteiger partial charge in [0.15, 0.2) is 0 Å². The number of benzene rings is 3. The zero-order valence-electron chi connectivity index (χ0n) is 17.4. The fourth-order valence-electron chi connectivity index (χ4n) is 2.77. The van der Waals surface area contributed by atoms with Crippen molar-refractivity contribution in [2.75, 3.05) is 18.4 Å². The lowest BCUT2D eigenvalue weighted by Gasteiger charge is -2.06. The zero-order chi connectivity index (χ0) is 22.2. The monoisotopic (exact) mass is 446 g/mol. The fraction of sp³-hybridized carbons (Fsp3) is 0.0870.